The second-order valence-corrected chi connectivity index (χ2v) is 4.40. The summed E-state index contributed by atoms with van der Waals surface area (Å²) in [7, 11) is 0. The van der Waals surface area contributed by atoms with Crippen LogP contribution in [0, 0.1) is 5.92 Å². The maximum absolute atomic E-state index is 3.22. The monoisotopic (exact) mass is 224 g/mol. The molecule has 0 saturated heterocycles. The molecule has 1 aliphatic heterocycles. The first-order chi connectivity index (χ1) is 7.25. The molecular formula is C12H20N2S. The Hall–Kier alpha value is -0.830. The maximum atomic E-state index is 3.22. The minimum absolute atomic E-state index is 0.722. The average Bonchev–Trinajstić information content (AvgIpc) is 2.67. The standard InChI is InChI=1S/C10H14N2S.C2H6/c1-7(2)5-8-3-4-9-10(6-8)12-13-11-9;1-2/h3-4,6-7,11-12H,5H2,1-2H3;1-2H3. The molecule has 0 aromatic heterocycles. The van der Waals surface area contributed by atoms with Crippen molar-refractivity contribution in [2.75, 3.05) is 9.44 Å². The third-order valence-corrected chi connectivity index (χ3v) is 2.69. The first kappa shape index (κ1) is 12.2. The van der Waals surface area contributed by atoms with E-state index in [0.717, 1.165) is 12.3 Å². The lowest BCUT2D eigenvalue weighted by Crippen LogP contribution is -1.93. The molecule has 0 atom stereocenters. The van der Waals surface area contributed by atoms with Crippen molar-refractivity contribution in [3.8, 4) is 0 Å². The molecule has 1 aromatic carbocycles. The summed E-state index contributed by atoms with van der Waals surface area (Å²) in [5, 5.41) is 0. The molecule has 15 heavy (non-hydrogen) atoms. The molecule has 0 aliphatic carbocycles. The van der Waals surface area contributed by atoms with Crippen LogP contribution in [0.3, 0.4) is 0 Å². The number of benzene rings is 1. The number of anilines is 2. The average molecular weight is 224 g/mol. The van der Waals surface area contributed by atoms with Crippen LogP contribution in [0.25, 0.3) is 0 Å². The molecule has 0 amide bonds. The fourth-order valence-corrected chi connectivity index (χ4v) is 2.12. The van der Waals surface area contributed by atoms with Crippen LogP contribution in [0.1, 0.15) is 33.3 Å². The van der Waals surface area contributed by atoms with E-state index in [9.17, 15) is 0 Å². The van der Waals surface area contributed by atoms with E-state index in [1.165, 1.54) is 29.1 Å². The zero-order valence-electron chi connectivity index (χ0n) is 9.92. The maximum Gasteiger partial charge on any atom is 0.0700 e. The summed E-state index contributed by atoms with van der Waals surface area (Å²) in [6, 6.07) is 6.56. The summed E-state index contributed by atoms with van der Waals surface area (Å²) in [5.74, 6) is 0.722. The largest absolute Gasteiger partial charge is 0.310 e. The van der Waals surface area contributed by atoms with Crippen molar-refractivity contribution in [3.63, 3.8) is 0 Å². The SMILES string of the molecule is CC.CC(C)Cc1ccc2c(c1)NSN2. The van der Waals surface area contributed by atoms with Gasteiger partial charge in [0, 0.05) is 0 Å². The van der Waals surface area contributed by atoms with Crippen molar-refractivity contribution in [1.82, 2.24) is 0 Å². The van der Waals surface area contributed by atoms with Gasteiger partial charge in [-0.05, 0) is 30.0 Å². The van der Waals surface area contributed by atoms with Crippen LogP contribution in [0.4, 0.5) is 11.4 Å². The van der Waals surface area contributed by atoms with E-state index in [-0.39, 0.29) is 0 Å². The van der Waals surface area contributed by atoms with Crippen LogP contribution in [-0.4, -0.2) is 0 Å². The van der Waals surface area contributed by atoms with Gasteiger partial charge in [0.15, 0.2) is 0 Å². The second-order valence-electron chi connectivity index (χ2n) is 3.78. The van der Waals surface area contributed by atoms with Crippen LogP contribution in [0.5, 0.6) is 0 Å². The van der Waals surface area contributed by atoms with Crippen molar-refractivity contribution in [3.05, 3.63) is 23.8 Å². The number of hydrogen-bond acceptors (Lipinski definition) is 3. The topological polar surface area (TPSA) is 24.1 Å². The van der Waals surface area contributed by atoms with E-state index in [2.05, 4.69) is 41.5 Å². The minimum Gasteiger partial charge on any atom is -0.310 e. The zero-order chi connectivity index (χ0) is 11.3. The Morgan fingerprint density at radius 1 is 1.13 bits per heavy atom. The van der Waals surface area contributed by atoms with E-state index in [0.29, 0.717) is 0 Å². The third-order valence-electron chi connectivity index (χ3n) is 2.05. The third kappa shape index (κ3) is 3.34. The molecule has 84 valence electrons. The highest BCUT2D eigenvalue weighted by Gasteiger charge is 2.10. The summed E-state index contributed by atoms with van der Waals surface area (Å²) in [6.07, 6.45) is 1.15. The number of hydrogen-bond donors (Lipinski definition) is 2. The van der Waals surface area contributed by atoms with Gasteiger partial charge < -0.3 is 9.44 Å². The van der Waals surface area contributed by atoms with Crippen LogP contribution >= 0.6 is 12.1 Å². The first-order valence-corrected chi connectivity index (χ1v) is 6.38. The van der Waals surface area contributed by atoms with E-state index in [1.807, 2.05) is 13.8 Å². The minimum atomic E-state index is 0.722. The Morgan fingerprint density at radius 3 is 2.47 bits per heavy atom. The normalized spacial score (nSPS) is 12.3. The smallest absolute Gasteiger partial charge is 0.0700 e. The Bertz CT molecular complexity index is 310. The lowest BCUT2D eigenvalue weighted by molar-refractivity contribution is 0.647. The zero-order valence-corrected chi connectivity index (χ0v) is 10.7. The summed E-state index contributed by atoms with van der Waals surface area (Å²) >= 11 is 1.53. The van der Waals surface area contributed by atoms with Crippen LogP contribution in [0.15, 0.2) is 18.2 Å². The predicted octanol–water partition coefficient (Wildman–Crippen LogP) is 4.31. The van der Waals surface area contributed by atoms with Gasteiger partial charge >= 0.3 is 0 Å². The van der Waals surface area contributed by atoms with Crippen LogP contribution in [0.2, 0.25) is 0 Å². The Balaban J connectivity index is 0.000000531. The number of nitrogens with one attached hydrogen (secondary N) is 2. The van der Waals surface area contributed by atoms with Crippen molar-refractivity contribution in [2.24, 2.45) is 5.92 Å². The summed E-state index contributed by atoms with van der Waals surface area (Å²) in [6.45, 7) is 8.49. The van der Waals surface area contributed by atoms with Gasteiger partial charge in [0.05, 0.1) is 23.5 Å². The molecule has 1 heterocycles. The van der Waals surface area contributed by atoms with Crippen molar-refractivity contribution in [2.45, 2.75) is 34.1 Å². The van der Waals surface area contributed by atoms with E-state index >= 15 is 0 Å². The second kappa shape index (κ2) is 5.91. The van der Waals surface area contributed by atoms with Gasteiger partial charge in [-0.1, -0.05) is 33.8 Å². The molecular weight excluding hydrogens is 204 g/mol. The van der Waals surface area contributed by atoms with Gasteiger partial charge in [0.1, 0.15) is 0 Å². The molecule has 0 radical (unpaired) electrons. The molecule has 3 heteroatoms. The van der Waals surface area contributed by atoms with Gasteiger partial charge in [-0.2, -0.15) is 0 Å². The lowest BCUT2D eigenvalue weighted by Gasteiger charge is -2.06. The van der Waals surface area contributed by atoms with Crippen molar-refractivity contribution in [1.29, 1.82) is 0 Å². The molecule has 0 unspecified atom stereocenters. The molecule has 2 nitrogen and oxygen atoms in total. The van der Waals surface area contributed by atoms with Gasteiger partial charge in [0.25, 0.3) is 0 Å². The first-order valence-electron chi connectivity index (χ1n) is 5.56. The van der Waals surface area contributed by atoms with Gasteiger partial charge in [-0.15, -0.1) is 0 Å². The molecule has 1 aliphatic rings. The molecule has 0 fully saturated rings. The summed E-state index contributed by atoms with van der Waals surface area (Å²) in [4.78, 5) is 0. The van der Waals surface area contributed by atoms with Crippen molar-refractivity contribution < 1.29 is 0 Å². The van der Waals surface area contributed by atoms with E-state index in [4.69, 9.17) is 0 Å². The molecule has 2 rings (SSSR count). The molecule has 0 bridgehead atoms. The highest BCUT2D eigenvalue weighted by atomic mass is 32.2. The number of rotatable bonds is 2. The Labute approximate surface area is 97.1 Å². The summed E-state index contributed by atoms with van der Waals surface area (Å²) in [5.41, 5.74) is 3.81. The quantitative estimate of drug-likeness (QED) is 0.732. The van der Waals surface area contributed by atoms with Gasteiger partial charge in [-0.3, -0.25) is 0 Å². The fourth-order valence-electron chi connectivity index (χ4n) is 1.50. The molecule has 1 aromatic rings. The highest BCUT2D eigenvalue weighted by molar-refractivity contribution is 8.02. The van der Waals surface area contributed by atoms with Crippen LogP contribution < -0.4 is 9.44 Å². The van der Waals surface area contributed by atoms with Crippen LogP contribution in [-0.2, 0) is 6.42 Å². The van der Waals surface area contributed by atoms with E-state index in [1.54, 1.807) is 0 Å². The molecule has 2 N–H and O–H groups in total. The van der Waals surface area contributed by atoms with Gasteiger partial charge in [0.2, 0.25) is 0 Å². The highest BCUT2D eigenvalue weighted by Crippen LogP contribution is 2.33. The lowest BCUT2D eigenvalue weighted by atomic mass is 10.0. The van der Waals surface area contributed by atoms with Crippen molar-refractivity contribution >= 4 is 23.5 Å². The molecule has 0 spiro atoms. The Morgan fingerprint density at radius 2 is 1.80 bits per heavy atom. The van der Waals surface area contributed by atoms with Gasteiger partial charge in [-0.25, -0.2) is 0 Å². The fraction of sp³-hybridized carbons (Fsp3) is 0.500. The predicted molar refractivity (Wildman–Crippen MR) is 71.2 cm³/mol. The number of fused-ring (bicyclic) bond motifs is 1. The Kier molecular flexibility index (Phi) is 4.82. The van der Waals surface area contributed by atoms with E-state index < -0.39 is 0 Å². The molecule has 0 saturated carbocycles. The summed E-state index contributed by atoms with van der Waals surface area (Å²) < 4.78 is 6.41.